The maximum atomic E-state index is 10.4. The van der Waals surface area contributed by atoms with Gasteiger partial charge in [-0.25, -0.2) is 0 Å². The highest BCUT2D eigenvalue weighted by Gasteiger charge is 2.16. The molecule has 0 spiro atoms. The number of hydrogen-bond acceptors (Lipinski definition) is 3. The monoisotopic (exact) mass is 286 g/mol. The first-order valence-corrected chi connectivity index (χ1v) is 7.80. The van der Waals surface area contributed by atoms with Gasteiger partial charge < -0.3 is 5.11 Å². The molecule has 0 aliphatic rings. The Labute approximate surface area is 122 Å². The van der Waals surface area contributed by atoms with Crippen molar-refractivity contribution in [1.82, 2.24) is 9.78 Å². The maximum absolute atomic E-state index is 10.4. The number of aryl methyl sites for hydroxylation is 2. The largest absolute Gasteiger partial charge is 0.388 e. The molecule has 1 aromatic carbocycles. The minimum absolute atomic E-state index is 0.482. The van der Waals surface area contributed by atoms with Crippen molar-refractivity contribution in [3.63, 3.8) is 0 Å². The fourth-order valence-corrected chi connectivity index (χ4v) is 3.49. The van der Waals surface area contributed by atoms with Gasteiger partial charge >= 0.3 is 0 Å². The zero-order valence-corrected chi connectivity index (χ0v) is 12.5. The fourth-order valence-electron chi connectivity index (χ4n) is 2.59. The number of thiophene rings is 1. The number of fused-ring (bicyclic) bond motifs is 1. The van der Waals surface area contributed by atoms with E-state index in [1.54, 1.807) is 11.3 Å². The third kappa shape index (κ3) is 2.25. The van der Waals surface area contributed by atoms with Crippen LogP contribution in [-0.4, -0.2) is 14.9 Å². The lowest BCUT2D eigenvalue weighted by Gasteiger charge is -2.08. The van der Waals surface area contributed by atoms with Gasteiger partial charge in [-0.05, 0) is 41.8 Å². The molecule has 1 atom stereocenters. The van der Waals surface area contributed by atoms with E-state index < -0.39 is 6.10 Å². The molecule has 2 heterocycles. The van der Waals surface area contributed by atoms with E-state index in [0.717, 1.165) is 34.3 Å². The zero-order valence-electron chi connectivity index (χ0n) is 11.7. The van der Waals surface area contributed by atoms with Crippen molar-refractivity contribution in [2.24, 2.45) is 0 Å². The minimum Gasteiger partial charge on any atom is -0.388 e. The summed E-state index contributed by atoms with van der Waals surface area (Å²) in [6, 6.07) is 8.21. The van der Waals surface area contributed by atoms with E-state index in [9.17, 15) is 5.11 Å². The van der Waals surface area contributed by atoms with Gasteiger partial charge in [0.1, 0.15) is 0 Å². The van der Waals surface area contributed by atoms with Gasteiger partial charge in [0.2, 0.25) is 0 Å². The Morgan fingerprint density at radius 1 is 1.30 bits per heavy atom. The molecular formula is C16H18N2OS. The van der Waals surface area contributed by atoms with Gasteiger partial charge in [-0.2, -0.15) is 16.4 Å². The number of hydrogen-bond donors (Lipinski definition) is 1. The Morgan fingerprint density at radius 3 is 2.80 bits per heavy atom. The van der Waals surface area contributed by atoms with E-state index in [4.69, 9.17) is 0 Å². The molecule has 0 aliphatic carbocycles. The normalized spacial score (nSPS) is 12.9. The quantitative estimate of drug-likeness (QED) is 0.794. The number of rotatable bonds is 4. The Bertz CT molecular complexity index is 729. The second-order valence-electron chi connectivity index (χ2n) is 5.01. The van der Waals surface area contributed by atoms with E-state index in [1.165, 1.54) is 0 Å². The van der Waals surface area contributed by atoms with Gasteiger partial charge in [0.25, 0.3) is 0 Å². The molecule has 4 heteroatoms. The number of aliphatic hydroxyl groups excluding tert-OH is 1. The molecule has 1 N–H and O–H groups in total. The van der Waals surface area contributed by atoms with Crippen molar-refractivity contribution >= 4 is 22.2 Å². The summed E-state index contributed by atoms with van der Waals surface area (Å²) in [5.41, 5.74) is 4.28. The lowest BCUT2D eigenvalue weighted by molar-refractivity contribution is 0.177. The third-order valence-corrected chi connectivity index (χ3v) is 4.55. The van der Waals surface area contributed by atoms with Crippen LogP contribution in [-0.2, 0) is 13.0 Å². The zero-order chi connectivity index (χ0) is 14.1. The predicted molar refractivity (Wildman–Crippen MR) is 83.1 cm³/mol. The number of para-hydroxylation sites is 1. The molecule has 20 heavy (non-hydrogen) atoms. The number of aromatic nitrogens is 2. The Balaban J connectivity index is 1.97. The summed E-state index contributed by atoms with van der Waals surface area (Å²) in [6.07, 6.45) is 0.0790. The first kappa shape index (κ1) is 13.3. The van der Waals surface area contributed by atoms with Crippen molar-refractivity contribution in [1.29, 1.82) is 0 Å². The van der Waals surface area contributed by atoms with Gasteiger partial charge in [0.05, 0.1) is 17.3 Å². The molecule has 104 valence electrons. The standard InChI is InChI=1S/C16H18N2OS/c1-3-18-15-7-5-4-6-12(15)14(17-18)8-16(19)13-10-20-9-11(13)2/h4-7,9-10,16,19H,3,8H2,1-2H3. The summed E-state index contributed by atoms with van der Waals surface area (Å²) < 4.78 is 2.00. The molecule has 3 rings (SSSR count). The number of nitrogens with zero attached hydrogens (tertiary/aromatic N) is 2. The second kappa shape index (κ2) is 5.38. The summed E-state index contributed by atoms with van der Waals surface area (Å²) >= 11 is 1.63. The first-order valence-electron chi connectivity index (χ1n) is 6.86. The summed E-state index contributed by atoms with van der Waals surface area (Å²) in [5.74, 6) is 0. The number of benzene rings is 1. The van der Waals surface area contributed by atoms with Crippen LogP contribution in [0.15, 0.2) is 35.0 Å². The van der Waals surface area contributed by atoms with E-state index >= 15 is 0 Å². The van der Waals surface area contributed by atoms with E-state index in [1.807, 2.05) is 29.1 Å². The van der Waals surface area contributed by atoms with Gasteiger partial charge in [0.15, 0.2) is 0 Å². The fraction of sp³-hybridized carbons (Fsp3) is 0.312. The minimum atomic E-state index is -0.482. The van der Waals surface area contributed by atoms with Crippen molar-refractivity contribution in [2.75, 3.05) is 0 Å². The van der Waals surface area contributed by atoms with Crippen LogP contribution < -0.4 is 0 Å². The lowest BCUT2D eigenvalue weighted by atomic mass is 10.0. The molecule has 3 aromatic rings. The molecule has 2 aromatic heterocycles. The van der Waals surface area contributed by atoms with Gasteiger partial charge in [-0.15, -0.1) is 0 Å². The highest BCUT2D eigenvalue weighted by Crippen LogP contribution is 2.27. The summed E-state index contributed by atoms with van der Waals surface area (Å²) in [7, 11) is 0. The highest BCUT2D eigenvalue weighted by molar-refractivity contribution is 7.08. The molecule has 0 amide bonds. The third-order valence-electron chi connectivity index (χ3n) is 3.67. The van der Waals surface area contributed by atoms with Crippen LogP contribution in [0.3, 0.4) is 0 Å². The topological polar surface area (TPSA) is 38.0 Å². The van der Waals surface area contributed by atoms with Crippen LogP contribution in [0.25, 0.3) is 10.9 Å². The molecule has 0 radical (unpaired) electrons. The summed E-state index contributed by atoms with van der Waals surface area (Å²) in [4.78, 5) is 0. The Kier molecular flexibility index (Phi) is 3.59. The second-order valence-corrected chi connectivity index (χ2v) is 5.75. The van der Waals surface area contributed by atoms with E-state index in [-0.39, 0.29) is 0 Å². The highest BCUT2D eigenvalue weighted by atomic mass is 32.1. The van der Waals surface area contributed by atoms with Crippen LogP contribution in [0.5, 0.6) is 0 Å². The van der Waals surface area contributed by atoms with E-state index in [0.29, 0.717) is 6.42 Å². The molecule has 0 saturated heterocycles. The van der Waals surface area contributed by atoms with E-state index in [2.05, 4.69) is 29.5 Å². The van der Waals surface area contributed by atoms with Crippen molar-refractivity contribution in [3.05, 3.63) is 51.8 Å². The molecule has 1 unspecified atom stereocenters. The Hall–Kier alpha value is -1.65. The van der Waals surface area contributed by atoms with Crippen LogP contribution >= 0.6 is 11.3 Å². The maximum Gasteiger partial charge on any atom is 0.0856 e. The molecule has 0 aliphatic heterocycles. The van der Waals surface area contributed by atoms with Crippen LogP contribution in [0.1, 0.15) is 29.8 Å². The average molecular weight is 286 g/mol. The predicted octanol–water partition coefficient (Wildman–Crippen LogP) is 3.70. The number of aliphatic hydroxyl groups is 1. The van der Waals surface area contributed by atoms with Crippen molar-refractivity contribution < 1.29 is 5.11 Å². The van der Waals surface area contributed by atoms with Crippen LogP contribution in [0.2, 0.25) is 0 Å². The van der Waals surface area contributed by atoms with Crippen LogP contribution in [0, 0.1) is 6.92 Å². The van der Waals surface area contributed by atoms with Crippen molar-refractivity contribution in [3.8, 4) is 0 Å². The Morgan fingerprint density at radius 2 is 2.10 bits per heavy atom. The van der Waals surface area contributed by atoms with Gasteiger partial charge in [-0.1, -0.05) is 18.2 Å². The molecule has 0 fully saturated rings. The smallest absolute Gasteiger partial charge is 0.0856 e. The first-order chi connectivity index (χ1) is 9.70. The van der Waals surface area contributed by atoms with Gasteiger partial charge in [0, 0.05) is 18.4 Å². The molecule has 3 nitrogen and oxygen atoms in total. The summed E-state index contributed by atoms with van der Waals surface area (Å²) in [5, 5.41) is 20.3. The molecule has 0 bridgehead atoms. The molecule has 0 saturated carbocycles. The van der Waals surface area contributed by atoms with Gasteiger partial charge in [-0.3, -0.25) is 4.68 Å². The van der Waals surface area contributed by atoms with Crippen LogP contribution in [0.4, 0.5) is 0 Å². The summed E-state index contributed by atoms with van der Waals surface area (Å²) in [6.45, 7) is 4.97. The van der Waals surface area contributed by atoms with Crippen molar-refractivity contribution in [2.45, 2.75) is 32.9 Å². The lowest BCUT2D eigenvalue weighted by Crippen LogP contribution is -2.04. The average Bonchev–Trinajstić information content (AvgIpc) is 3.03. The molecular weight excluding hydrogens is 268 g/mol. The SMILES string of the molecule is CCn1nc(CC(O)c2cscc2C)c2ccccc21.